The van der Waals surface area contributed by atoms with Gasteiger partial charge >= 0.3 is 0 Å². The van der Waals surface area contributed by atoms with Gasteiger partial charge in [-0.25, -0.2) is 0 Å². The van der Waals surface area contributed by atoms with Crippen LogP contribution < -0.4 is 11.1 Å². The first-order valence-electron chi connectivity index (χ1n) is 16.7. The van der Waals surface area contributed by atoms with Crippen LogP contribution in [0.15, 0.2) is 90.5 Å². The predicted molar refractivity (Wildman–Crippen MR) is 186 cm³/mol. The van der Waals surface area contributed by atoms with Crippen molar-refractivity contribution in [3.63, 3.8) is 0 Å². The summed E-state index contributed by atoms with van der Waals surface area (Å²) in [6.45, 7) is 6.11. The van der Waals surface area contributed by atoms with Gasteiger partial charge in [-0.15, -0.1) is 0 Å². The molecule has 0 bridgehead atoms. The van der Waals surface area contributed by atoms with Gasteiger partial charge in [-0.2, -0.15) is 0 Å². The van der Waals surface area contributed by atoms with Crippen molar-refractivity contribution in [3.05, 3.63) is 102 Å². The maximum Gasteiger partial charge on any atom is 0.255 e. The summed E-state index contributed by atoms with van der Waals surface area (Å²) in [6.07, 6.45) is 4.85. The standard InChI is InChI=1S/C39H48N4O4/c1-5-43(35(44)33(41-37(46)38(2,3)40)27-47-26-28-15-9-6-10-16-28)25-32-34(36(45)42(4)39(32)23-13-8-14-24-39)31-21-19-30(20-22-31)29-17-11-7-12-18-29/h6-7,9-12,15-22,33H,5,8,13-14,23-27,40H2,1-4H3,(H,41,46)/t33-/m1/s1. The fourth-order valence-electron chi connectivity index (χ4n) is 6.83. The molecule has 1 aliphatic carbocycles. The van der Waals surface area contributed by atoms with Crippen LogP contribution in [-0.2, 0) is 25.7 Å². The number of nitrogens with two attached hydrogens (primary N) is 1. The molecule has 1 fully saturated rings. The van der Waals surface area contributed by atoms with Gasteiger partial charge in [0.2, 0.25) is 11.8 Å². The van der Waals surface area contributed by atoms with Gasteiger partial charge in [-0.05, 0) is 61.4 Å². The van der Waals surface area contributed by atoms with Gasteiger partial charge in [-0.3, -0.25) is 14.4 Å². The second kappa shape index (κ2) is 14.7. The second-order valence-corrected chi connectivity index (χ2v) is 13.4. The van der Waals surface area contributed by atoms with Crippen LogP contribution in [0.25, 0.3) is 16.7 Å². The topological polar surface area (TPSA) is 105 Å². The fraction of sp³-hybridized carbons (Fsp3) is 0.410. The Morgan fingerprint density at radius 1 is 0.915 bits per heavy atom. The lowest BCUT2D eigenvalue weighted by atomic mass is 9.75. The minimum absolute atomic E-state index is 0.0110. The third-order valence-electron chi connectivity index (χ3n) is 9.61. The number of hydrogen-bond acceptors (Lipinski definition) is 5. The van der Waals surface area contributed by atoms with E-state index in [0.717, 1.165) is 59.9 Å². The van der Waals surface area contributed by atoms with Crippen molar-refractivity contribution in [3.8, 4) is 11.1 Å². The number of amides is 3. The molecule has 0 saturated heterocycles. The van der Waals surface area contributed by atoms with Crippen LogP contribution >= 0.6 is 0 Å². The molecule has 0 aromatic heterocycles. The first-order chi connectivity index (χ1) is 22.5. The summed E-state index contributed by atoms with van der Waals surface area (Å²) in [5.41, 5.74) is 10.1. The third-order valence-corrected chi connectivity index (χ3v) is 9.61. The predicted octanol–water partition coefficient (Wildman–Crippen LogP) is 5.57. The monoisotopic (exact) mass is 636 g/mol. The summed E-state index contributed by atoms with van der Waals surface area (Å²) in [7, 11) is 1.90. The quantitative estimate of drug-likeness (QED) is 0.271. The second-order valence-electron chi connectivity index (χ2n) is 13.4. The van der Waals surface area contributed by atoms with Crippen molar-refractivity contribution in [2.45, 2.75) is 76.6 Å². The molecule has 2 aliphatic rings. The lowest BCUT2D eigenvalue weighted by Gasteiger charge is -2.43. The van der Waals surface area contributed by atoms with Crippen LogP contribution in [0.5, 0.6) is 0 Å². The minimum Gasteiger partial charge on any atom is -0.374 e. The molecule has 47 heavy (non-hydrogen) atoms. The molecule has 0 radical (unpaired) electrons. The van der Waals surface area contributed by atoms with Crippen molar-refractivity contribution in [1.29, 1.82) is 0 Å². The van der Waals surface area contributed by atoms with E-state index < -0.39 is 23.0 Å². The first-order valence-corrected chi connectivity index (χ1v) is 16.7. The summed E-state index contributed by atoms with van der Waals surface area (Å²) in [5, 5.41) is 2.86. The van der Waals surface area contributed by atoms with E-state index in [1.165, 1.54) is 0 Å². The maximum absolute atomic E-state index is 14.3. The summed E-state index contributed by atoms with van der Waals surface area (Å²) < 4.78 is 5.99. The number of benzene rings is 3. The van der Waals surface area contributed by atoms with Crippen LogP contribution in [0.4, 0.5) is 0 Å². The third kappa shape index (κ3) is 7.50. The van der Waals surface area contributed by atoms with Gasteiger partial charge in [0, 0.05) is 20.1 Å². The van der Waals surface area contributed by atoms with Crippen molar-refractivity contribution < 1.29 is 19.1 Å². The lowest BCUT2D eigenvalue weighted by molar-refractivity contribution is -0.139. The molecule has 3 aromatic carbocycles. The fourth-order valence-corrected chi connectivity index (χ4v) is 6.83. The smallest absolute Gasteiger partial charge is 0.255 e. The minimum atomic E-state index is -1.18. The number of carbonyl (C=O) groups is 3. The van der Waals surface area contributed by atoms with Crippen LogP contribution in [0.3, 0.4) is 0 Å². The number of nitrogens with one attached hydrogen (secondary N) is 1. The van der Waals surface area contributed by atoms with Crippen molar-refractivity contribution in [2.75, 3.05) is 26.7 Å². The number of carbonyl (C=O) groups excluding carboxylic acids is 3. The molecular weight excluding hydrogens is 588 g/mol. The van der Waals surface area contributed by atoms with E-state index in [4.69, 9.17) is 10.5 Å². The number of rotatable bonds is 12. The Kier molecular flexibility index (Phi) is 10.6. The molecule has 3 aromatic rings. The lowest BCUT2D eigenvalue weighted by Crippen LogP contribution is -2.58. The Balaban J connectivity index is 1.48. The largest absolute Gasteiger partial charge is 0.374 e. The zero-order valence-corrected chi connectivity index (χ0v) is 28.1. The molecule has 248 valence electrons. The molecule has 1 spiro atoms. The van der Waals surface area contributed by atoms with Crippen molar-refractivity contribution >= 4 is 23.3 Å². The van der Waals surface area contributed by atoms with E-state index in [2.05, 4.69) is 29.6 Å². The van der Waals surface area contributed by atoms with Crippen LogP contribution in [0.2, 0.25) is 0 Å². The van der Waals surface area contributed by atoms with E-state index in [-0.39, 0.29) is 25.0 Å². The summed E-state index contributed by atoms with van der Waals surface area (Å²) in [4.78, 5) is 45.1. The highest BCUT2D eigenvalue weighted by Gasteiger charge is 2.50. The zero-order valence-electron chi connectivity index (χ0n) is 28.1. The Labute approximate surface area is 279 Å². The summed E-state index contributed by atoms with van der Waals surface area (Å²) >= 11 is 0. The molecule has 0 unspecified atom stereocenters. The Bertz CT molecular complexity index is 1570. The average molecular weight is 637 g/mol. The summed E-state index contributed by atoms with van der Waals surface area (Å²) in [5.74, 6) is -0.718. The van der Waals surface area contributed by atoms with E-state index in [1.807, 2.05) is 79.5 Å². The van der Waals surface area contributed by atoms with Gasteiger partial charge < -0.3 is 25.6 Å². The molecule has 1 atom stereocenters. The van der Waals surface area contributed by atoms with E-state index in [1.54, 1.807) is 18.7 Å². The number of ether oxygens (including phenoxy) is 1. The van der Waals surface area contributed by atoms with E-state index >= 15 is 0 Å². The molecule has 1 heterocycles. The number of nitrogens with zero attached hydrogens (tertiary/aromatic N) is 2. The normalized spacial score (nSPS) is 16.8. The molecule has 5 rings (SSSR count). The highest BCUT2D eigenvalue weighted by molar-refractivity contribution is 6.23. The summed E-state index contributed by atoms with van der Waals surface area (Å²) in [6, 6.07) is 27.1. The van der Waals surface area contributed by atoms with Gasteiger partial charge in [0.25, 0.3) is 5.91 Å². The van der Waals surface area contributed by atoms with Gasteiger partial charge in [-0.1, -0.05) is 104 Å². The van der Waals surface area contributed by atoms with Crippen LogP contribution in [0, 0.1) is 0 Å². The SMILES string of the molecule is CCN(CC1=C(c2ccc(-c3ccccc3)cc2)C(=O)N(C)C12CCCCC2)C(=O)[C@@H](COCc1ccccc1)NC(=O)C(C)(C)N. The van der Waals surface area contributed by atoms with Crippen molar-refractivity contribution in [1.82, 2.24) is 15.1 Å². The Morgan fingerprint density at radius 2 is 1.49 bits per heavy atom. The molecule has 8 nitrogen and oxygen atoms in total. The Hall–Kier alpha value is -4.27. The zero-order chi connectivity index (χ0) is 33.6. The van der Waals surface area contributed by atoms with Crippen molar-refractivity contribution in [2.24, 2.45) is 5.73 Å². The molecule has 1 aliphatic heterocycles. The average Bonchev–Trinajstić information content (AvgIpc) is 3.27. The van der Waals surface area contributed by atoms with E-state index in [9.17, 15) is 14.4 Å². The highest BCUT2D eigenvalue weighted by Crippen LogP contribution is 2.48. The maximum atomic E-state index is 14.3. The molecule has 3 amide bonds. The Morgan fingerprint density at radius 3 is 2.09 bits per heavy atom. The van der Waals surface area contributed by atoms with Crippen LogP contribution in [0.1, 0.15) is 64.0 Å². The van der Waals surface area contributed by atoms with Gasteiger partial charge in [0.1, 0.15) is 6.04 Å². The van der Waals surface area contributed by atoms with E-state index in [0.29, 0.717) is 18.7 Å². The number of likely N-dealkylation sites (N-methyl/N-ethyl adjacent to an activating group) is 2. The molecule has 3 N–H and O–H groups in total. The van der Waals surface area contributed by atoms with Gasteiger partial charge in [0.05, 0.1) is 29.9 Å². The molecule has 1 saturated carbocycles. The highest BCUT2D eigenvalue weighted by atomic mass is 16.5. The van der Waals surface area contributed by atoms with Crippen LogP contribution in [-0.4, -0.2) is 71.4 Å². The number of hydrogen-bond donors (Lipinski definition) is 2. The first kappa shape index (κ1) is 34.1. The molecular formula is C39H48N4O4. The molecule has 8 heteroatoms. The van der Waals surface area contributed by atoms with Gasteiger partial charge in [0.15, 0.2) is 0 Å².